The van der Waals surface area contributed by atoms with Gasteiger partial charge in [-0.3, -0.25) is 4.79 Å². The summed E-state index contributed by atoms with van der Waals surface area (Å²) >= 11 is 3.33. The maximum Gasteiger partial charge on any atom is 0.235 e. The Morgan fingerprint density at radius 1 is 1.44 bits per heavy atom. The highest BCUT2D eigenvalue weighted by Crippen LogP contribution is 2.16. The molecule has 1 saturated heterocycles. The number of rotatable bonds is 7. The molecule has 0 aromatic heterocycles. The Kier molecular flexibility index (Phi) is 7.46. The molecule has 7 heteroatoms. The topological polar surface area (TPSA) is 66.5 Å². The van der Waals surface area contributed by atoms with Crippen LogP contribution >= 0.6 is 15.9 Å². The summed E-state index contributed by atoms with van der Waals surface area (Å²) in [5.74, 6) is -0.340. The molecule has 1 heterocycles. The van der Waals surface area contributed by atoms with Gasteiger partial charge in [-0.2, -0.15) is 0 Å². The summed E-state index contributed by atoms with van der Waals surface area (Å²) in [6, 6.07) is 7.08. The van der Waals surface area contributed by atoms with Crippen LogP contribution in [0.1, 0.15) is 32.3 Å². The lowest BCUT2D eigenvalue weighted by molar-refractivity contribution is -0.119. The van der Waals surface area contributed by atoms with Gasteiger partial charge in [0.15, 0.2) is 9.84 Å². The molecule has 0 saturated carbocycles. The van der Waals surface area contributed by atoms with Crippen molar-refractivity contribution in [3.63, 3.8) is 0 Å². The normalized spacial score (nSPS) is 20.2. The van der Waals surface area contributed by atoms with Crippen LogP contribution in [-0.2, 0) is 20.4 Å². The third-order valence-electron chi connectivity index (χ3n) is 4.31. The number of nitrogens with one attached hydrogen (secondary N) is 1. The fourth-order valence-electron chi connectivity index (χ4n) is 3.33. The molecule has 0 radical (unpaired) electrons. The highest BCUT2D eigenvalue weighted by molar-refractivity contribution is 9.10. The molecular weight excluding hydrogens is 404 g/mol. The number of benzene rings is 1. The molecule has 1 fully saturated rings. The Bertz CT molecular complexity index is 693. The summed E-state index contributed by atoms with van der Waals surface area (Å²) in [5, 5.41) is 2.83. The maximum atomic E-state index is 12.2. The van der Waals surface area contributed by atoms with E-state index in [0.717, 1.165) is 24.1 Å². The van der Waals surface area contributed by atoms with E-state index in [1.807, 2.05) is 13.0 Å². The summed E-state index contributed by atoms with van der Waals surface area (Å²) in [5.41, 5.74) is 0.678. The smallest absolute Gasteiger partial charge is 0.235 e. The van der Waals surface area contributed by atoms with Gasteiger partial charge in [0.25, 0.3) is 0 Å². The second kappa shape index (κ2) is 9.14. The minimum Gasteiger partial charge on any atom is -0.351 e. The number of carbonyl (C=O) groups excluding carboxylic acids is 1. The van der Waals surface area contributed by atoms with E-state index in [2.05, 4.69) is 33.1 Å². The lowest BCUT2D eigenvalue weighted by atomic mass is 10.00. The van der Waals surface area contributed by atoms with Crippen LogP contribution in [0.15, 0.2) is 28.7 Å². The lowest BCUT2D eigenvalue weighted by Gasteiger charge is -2.32. The zero-order chi connectivity index (χ0) is 18.4. The first-order valence-corrected chi connectivity index (χ1v) is 11.3. The Morgan fingerprint density at radius 3 is 2.88 bits per heavy atom. The van der Waals surface area contributed by atoms with Crippen molar-refractivity contribution in [2.45, 2.75) is 38.5 Å². The molecule has 0 aliphatic carbocycles. The fourth-order valence-corrected chi connectivity index (χ4v) is 5.05. The minimum absolute atomic E-state index is 0.0566. The second-order valence-corrected chi connectivity index (χ2v) is 10.1. The summed E-state index contributed by atoms with van der Waals surface area (Å²) in [4.78, 5) is 14.5. The molecule has 0 spiro atoms. The van der Waals surface area contributed by atoms with Gasteiger partial charge < -0.3 is 10.2 Å². The van der Waals surface area contributed by atoms with Crippen LogP contribution in [0, 0.1) is 5.92 Å². The van der Waals surface area contributed by atoms with Crippen LogP contribution < -0.4 is 5.32 Å². The van der Waals surface area contributed by atoms with Gasteiger partial charge in [-0.25, -0.2) is 8.42 Å². The number of likely N-dealkylation sites (tertiary alicyclic amines) is 1. The molecule has 2 unspecified atom stereocenters. The monoisotopic (exact) mass is 430 g/mol. The van der Waals surface area contributed by atoms with Gasteiger partial charge in [0.2, 0.25) is 5.91 Å². The molecule has 5 nitrogen and oxygen atoms in total. The van der Waals surface area contributed by atoms with E-state index >= 15 is 0 Å². The highest BCUT2D eigenvalue weighted by atomic mass is 79.9. The quantitative estimate of drug-likeness (QED) is 0.721. The predicted molar refractivity (Wildman–Crippen MR) is 104 cm³/mol. The van der Waals surface area contributed by atoms with Crippen molar-refractivity contribution in [1.29, 1.82) is 0 Å². The molecule has 2 rings (SSSR count). The molecule has 1 aromatic carbocycles. The van der Waals surface area contributed by atoms with Crippen molar-refractivity contribution in [1.82, 2.24) is 10.2 Å². The molecule has 140 valence electrons. The standard InChI is InChI=1S/C18H27BrN2O3S/c1-14-5-4-8-21(10-14)11-15(2)20-18(22)13-25(23,24)12-16-6-3-7-17(19)9-16/h3,6-7,9,14-15H,4-5,8,10-13H2,1-2H3,(H,20,22). The number of hydrogen-bond acceptors (Lipinski definition) is 4. The van der Waals surface area contributed by atoms with Crippen LogP contribution in [0.4, 0.5) is 0 Å². The van der Waals surface area contributed by atoms with E-state index in [-0.39, 0.29) is 11.8 Å². The number of halogens is 1. The van der Waals surface area contributed by atoms with Crippen molar-refractivity contribution in [3.05, 3.63) is 34.3 Å². The van der Waals surface area contributed by atoms with Gasteiger partial charge in [-0.1, -0.05) is 35.0 Å². The van der Waals surface area contributed by atoms with E-state index in [4.69, 9.17) is 0 Å². The van der Waals surface area contributed by atoms with Gasteiger partial charge in [0, 0.05) is 23.6 Å². The van der Waals surface area contributed by atoms with Crippen LogP contribution in [0.2, 0.25) is 0 Å². The number of amides is 1. The molecular formula is C18H27BrN2O3S. The Morgan fingerprint density at radius 2 is 2.20 bits per heavy atom. The van der Waals surface area contributed by atoms with Crippen LogP contribution in [0.25, 0.3) is 0 Å². The van der Waals surface area contributed by atoms with Crippen LogP contribution in [0.3, 0.4) is 0 Å². The number of piperidine rings is 1. The van der Waals surface area contributed by atoms with Gasteiger partial charge in [0.1, 0.15) is 5.75 Å². The Hall–Kier alpha value is -0.920. The first kappa shape index (κ1) is 20.4. The number of carbonyl (C=O) groups is 1. The zero-order valence-corrected chi connectivity index (χ0v) is 17.3. The van der Waals surface area contributed by atoms with Crippen LogP contribution in [0.5, 0.6) is 0 Å². The number of hydrogen-bond donors (Lipinski definition) is 1. The molecule has 1 aliphatic heterocycles. The molecule has 25 heavy (non-hydrogen) atoms. The number of sulfone groups is 1. The average molecular weight is 431 g/mol. The van der Waals surface area contributed by atoms with Crippen molar-refractivity contribution in [2.75, 3.05) is 25.4 Å². The Labute approximate surface area is 159 Å². The molecule has 2 atom stereocenters. The van der Waals surface area contributed by atoms with E-state index in [1.54, 1.807) is 18.2 Å². The van der Waals surface area contributed by atoms with Crippen molar-refractivity contribution < 1.29 is 13.2 Å². The minimum atomic E-state index is -3.48. The van der Waals surface area contributed by atoms with E-state index in [0.29, 0.717) is 11.5 Å². The molecule has 1 aliphatic rings. The Balaban J connectivity index is 1.81. The summed E-state index contributed by atoms with van der Waals surface area (Å²) in [7, 11) is -3.48. The molecule has 0 bridgehead atoms. The van der Waals surface area contributed by atoms with Gasteiger partial charge >= 0.3 is 0 Å². The van der Waals surface area contributed by atoms with Crippen molar-refractivity contribution in [2.24, 2.45) is 5.92 Å². The second-order valence-electron chi connectivity index (χ2n) is 7.14. The first-order chi connectivity index (χ1) is 11.7. The first-order valence-electron chi connectivity index (χ1n) is 8.70. The van der Waals surface area contributed by atoms with Crippen LogP contribution in [-0.4, -0.2) is 50.7 Å². The third-order valence-corrected chi connectivity index (χ3v) is 6.28. The predicted octanol–water partition coefficient (Wildman–Crippen LogP) is 2.60. The lowest BCUT2D eigenvalue weighted by Crippen LogP contribution is -2.46. The number of nitrogens with zero attached hydrogens (tertiary/aromatic N) is 1. The summed E-state index contributed by atoms with van der Waals surface area (Å²) < 4.78 is 25.3. The van der Waals surface area contributed by atoms with E-state index in [9.17, 15) is 13.2 Å². The molecule has 1 amide bonds. The highest BCUT2D eigenvalue weighted by Gasteiger charge is 2.21. The molecule has 1 aromatic rings. The summed E-state index contributed by atoms with van der Waals surface area (Å²) in [6.07, 6.45) is 2.44. The van der Waals surface area contributed by atoms with E-state index < -0.39 is 21.5 Å². The third kappa shape index (κ3) is 7.46. The van der Waals surface area contributed by atoms with Gasteiger partial charge in [-0.05, 0) is 49.9 Å². The van der Waals surface area contributed by atoms with Crippen molar-refractivity contribution in [3.8, 4) is 0 Å². The fraction of sp³-hybridized carbons (Fsp3) is 0.611. The average Bonchev–Trinajstić information content (AvgIpc) is 2.45. The molecule has 1 N–H and O–H groups in total. The largest absolute Gasteiger partial charge is 0.351 e. The van der Waals surface area contributed by atoms with Gasteiger partial charge in [-0.15, -0.1) is 0 Å². The van der Waals surface area contributed by atoms with E-state index in [1.165, 1.54) is 12.8 Å². The summed E-state index contributed by atoms with van der Waals surface area (Å²) in [6.45, 7) is 7.02. The van der Waals surface area contributed by atoms with Gasteiger partial charge in [0.05, 0.1) is 5.75 Å². The SMILES string of the molecule is CC1CCCN(CC(C)NC(=O)CS(=O)(=O)Cc2cccc(Br)c2)C1. The zero-order valence-electron chi connectivity index (χ0n) is 14.9. The van der Waals surface area contributed by atoms with Crippen molar-refractivity contribution >= 4 is 31.7 Å². The maximum absolute atomic E-state index is 12.2.